The molecule has 0 amide bonds. The predicted molar refractivity (Wildman–Crippen MR) is 74.6 cm³/mol. The summed E-state index contributed by atoms with van der Waals surface area (Å²) in [5.74, 6) is 0. The monoisotopic (exact) mass is 257 g/mol. The summed E-state index contributed by atoms with van der Waals surface area (Å²) in [6.07, 6.45) is 9.82. The number of aldehydes is 1. The molecule has 0 bridgehead atoms. The van der Waals surface area contributed by atoms with Crippen LogP contribution in [0, 0.1) is 0 Å². The van der Waals surface area contributed by atoms with E-state index in [9.17, 15) is 4.79 Å². The van der Waals surface area contributed by atoms with Crippen LogP contribution in [0.3, 0.4) is 0 Å². The number of rotatable bonds is 4. The molecule has 3 rings (SSSR count). The molecular weight excluding hydrogens is 238 g/mol. The van der Waals surface area contributed by atoms with Crippen molar-refractivity contribution in [3.63, 3.8) is 0 Å². The van der Waals surface area contributed by atoms with E-state index in [2.05, 4.69) is 9.88 Å². The Bertz CT molecular complexity index is 570. The normalized spacial score (nSPS) is 16.8. The highest BCUT2D eigenvalue weighted by Gasteiger charge is 2.11. The number of aromatic nitrogens is 2. The first-order chi connectivity index (χ1) is 9.36. The maximum atomic E-state index is 11.0. The molecule has 0 radical (unpaired) electrons. The maximum absolute atomic E-state index is 11.0. The number of likely N-dealkylation sites (tertiary alicyclic amines) is 1. The van der Waals surface area contributed by atoms with Crippen molar-refractivity contribution in [2.45, 2.75) is 25.7 Å². The van der Waals surface area contributed by atoms with Gasteiger partial charge in [0.2, 0.25) is 0 Å². The van der Waals surface area contributed by atoms with Crippen LogP contribution in [0.2, 0.25) is 0 Å². The molecule has 0 unspecified atom stereocenters. The van der Waals surface area contributed by atoms with Gasteiger partial charge in [-0.2, -0.15) is 0 Å². The van der Waals surface area contributed by atoms with Crippen LogP contribution in [0.4, 0.5) is 0 Å². The first-order valence-corrected chi connectivity index (χ1v) is 7.01. The van der Waals surface area contributed by atoms with Crippen LogP contribution in [0.15, 0.2) is 24.5 Å². The number of carbonyl (C=O) groups excluding carboxylic acids is 1. The highest BCUT2D eigenvalue weighted by atomic mass is 16.1. The highest BCUT2D eigenvalue weighted by molar-refractivity contribution is 5.84. The van der Waals surface area contributed by atoms with Gasteiger partial charge in [-0.15, -0.1) is 0 Å². The molecule has 1 fully saturated rings. The smallest absolute Gasteiger partial charge is 0.153 e. The molecular formula is C15H19N3O. The van der Waals surface area contributed by atoms with E-state index in [-0.39, 0.29) is 0 Å². The number of nitrogens with zero attached hydrogens (tertiary/aromatic N) is 3. The number of imidazole rings is 1. The number of carbonyl (C=O) groups is 1. The van der Waals surface area contributed by atoms with Crippen molar-refractivity contribution in [3.8, 4) is 0 Å². The average Bonchev–Trinajstić information content (AvgIpc) is 2.89. The fourth-order valence-electron chi connectivity index (χ4n) is 2.75. The van der Waals surface area contributed by atoms with Gasteiger partial charge >= 0.3 is 0 Å². The zero-order chi connectivity index (χ0) is 13.1. The fraction of sp³-hybridized carbons (Fsp3) is 0.467. The Morgan fingerprint density at radius 2 is 2.11 bits per heavy atom. The molecule has 100 valence electrons. The van der Waals surface area contributed by atoms with E-state index in [0.717, 1.165) is 30.6 Å². The summed E-state index contributed by atoms with van der Waals surface area (Å²) in [5.41, 5.74) is 2.50. The molecule has 1 saturated heterocycles. The van der Waals surface area contributed by atoms with Crippen LogP contribution >= 0.6 is 0 Å². The molecule has 0 saturated carbocycles. The molecule has 0 aliphatic carbocycles. The van der Waals surface area contributed by atoms with Gasteiger partial charge in [-0.05, 0) is 38.1 Å². The number of hydrogen-bond acceptors (Lipinski definition) is 3. The third kappa shape index (κ3) is 2.68. The van der Waals surface area contributed by atoms with Crippen LogP contribution in [0.25, 0.3) is 5.65 Å². The quantitative estimate of drug-likeness (QED) is 0.788. The third-order valence-electron chi connectivity index (χ3n) is 3.82. The van der Waals surface area contributed by atoms with Crippen molar-refractivity contribution in [1.29, 1.82) is 0 Å². The van der Waals surface area contributed by atoms with Gasteiger partial charge in [-0.25, -0.2) is 4.98 Å². The number of fused-ring (bicyclic) bond motifs is 1. The summed E-state index contributed by atoms with van der Waals surface area (Å²) in [7, 11) is 0. The van der Waals surface area contributed by atoms with Crippen LogP contribution in [0.1, 0.15) is 35.3 Å². The lowest BCUT2D eigenvalue weighted by Gasteiger charge is -2.25. The first-order valence-electron chi connectivity index (χ1n) is 7.01. The minimum atomic E-state index is 0.659. The molecule has 0 atom stereocenters. The van der Waals surface area contributed by atoms with E-state index < -0.39 is 0 Å². The van der Waals surface area contributed by atoms with Crippen molar-refractivity contribution in [2.24, 2.45) is 0 Å². The lowest BCUT2D eigenvalue weighted by Crippen LogP contribution is -2.31. The summed E-state index contributed by atoms with van der Waals surface area (Å²) in [4.78, 5) is 18.1. The van der Waals surface area contributed by atoms with Gasteiger partial charge in [0.05, 0.1) is 11.3 Å². The lowest BCUT2D eigenvalue weighted by molar-refractivity contribution is 0.112. The summed E-state index contributed by atoms with van der Waals surface area (Å²) in [6, 6.07) is 3.69. The second kappa shape index (κ2) is 5.53. The van der Waals surface area contributed by atoms with Gasteiger partial charge in [-0.1, -0.05) is 6.42 Å². The Labute approximate surface area is 113 Å². The van der Waals surface area contributed by atoms with Crippen molar-refractivity contribution in [1.82, 2.24) is 14.3 Å². The first kappa shape index (κ1) is 12.4. The summed E-state index contributed by atoms with van der Waals surface area (Å²) >= 11 is 0. The van der Waals surface area contributed by atoms with Crippen LogP contribution in [0.5, 0.6) is 0 Å². The van der Waals surface area contributed by atoms with E-state index in [4.69, 9.17) is 0 Å². The molecule has 2 aromatic heterocycles. The van der Waals surface area contributed by atoms with E-state index in [0.29, 0.717) is 5.56 Å². The Morgan fingerprint density at radius 1 is 1.26 bits per heavy atom. The number of hydrogen-bond donors (Lipinski definition) is 0. The Balaban J connectivity index is 1.72. The van der Waals surface area contributed by atoms with Crippen LogP contribution in [-0.2, 0) is 6.42 Å². The van der Waals surface area contributed by atoms with Crippen molar-refractivity contribution >= 4 is 11.9 Å². The minimum absolute atomic E-state index is 0.659. The van der Waals surface area contributed by atoms with E-state index in [1.54, 1.807) is 0 Å². The van der Waals surface area contributed by atoms with Gasteiger partial charge in [0.25, 0.3) is 0 Å². The Kier molecular flexibility index (Phi) is 3.60. The third-order valence-corrected chi connectivity index (χ3v) is 3.82. The molecule has 4 nitrogen and oxygen atoms in total. The zero-order valence-corrected chi connectivity index (χ0v) is 11.1. The molecule has 0 N–H and O–H groups in total. The highest BCUT2D eigenvalue weighted by Crippen LogP contribution is 2.12. The zero-order valence-electron chi connectivity index (χ0n) is 11.1. The van der Waals surface area contributed by atoms with Gasteiger partial charge in [-0.3, -0.25) is 4.79 Å². The molecule has 1 aliphatic heterocycles. The predicted octanol–water partition coefficient (Wildman–Crippen LogP) is 2.18. The van der Waals surface area contributed by atoms with E-state index >= 15 is 0 Å². The molecule has 0 aromatic carbocycles. The summed E-state index contributed by atoms with van der Waals surface area (Å²) < 4.78 is 1.94. The Morgan fingerprint density at radius 3 is 2.89 bits per heavy atom. The molecule has 19 heavy (non-hydrogen) atoms. The topological polar surface area (TPSA) is 37.6 Å². The van der Waals surface area contributed by atoms with Crippen LogP contribution < -0.4 is 0 Å². The lowest BCUT2D eigenvalue weighted by atomic mass is 10.1. The molecule has 3 heterocycles. The fourth-order valence-corrected chi connectivity index (χ4v) is 2.75. The second-order valence-electron chi connectivity index (χ2n) is 5.20. The molecule has 0 spiro atoms. The van der Waals surface area contributed by atoms with Gasteiger partial charge < -0.3 is 9.30 Å². The number of pyridine rings is 1. The SMILES string of the molecule is O=Cc1cccn2cc(CCN3CCCCC3)nc12. The van der Waals surface area contributed by atoms with Crippen molar-refractivity contribution in [3.05, 3.63) is 35.8 Å². The van der Waals surface area contributed by atoms with E-state index in [1.807, 2.05) is 28.9 Å². The second-order valence-corrected chi connectivity index (χ2v) is 5.20. The van der Waals surface area contributed by atoms with Gasteiger partial charge in [0.1, 0.15) is 5.65 Å². The Hall–Kier alpha value is -1.68. The average molecular weight is 257 g/mol. The summed E-state index contributed by atoms with van der Waals surface area (Å²) in [6.45, 7) is 3.50. The molecule has 2 aromatic rings. The standard InChI is InChI=1S/C15H19N3O/c19-12-13-5-4-9-18-11-14(16-15(13)18)6-10-17-7-2-1-3-8-17/h4-5,9,11-12H,1-3,6-8,10H2. The van der Waals surface area contributed by atoms with Crippen molar-refractivity contribution in [2.75, 3.05) is 19.6 Å². The van der Waals surface area contributed by atoms with Crippen molar-refractivity contribution < 1.29 is 4.79 Å². The maximum Gasteiger partial charge on any atom is 0.153 e. The largest absolute Gasteiger partial charge is 0.306 e. The van der Waals surface area contributed by atoms with Gasteiger partial charge in [0, 0.05) is 25.4 Å². The minimum Gasteiger partial charge on any atom is -0.306 e. The molecule has 1 aliphatic rings. The number of piperidine rings is 1. The van der Waals surface area contributed by atoms with Gasteiger partial charge in [0.15, 0.2) is 6.29 Å². The molecule has 4 heteroatoms. The summed E-state index contributed by atoms with van der Waals surface area (Å²) in [5, 5.41) is 0. The van der Waals surface area contributed by atoms with E-state index in [1.165, 1.54) is 32.4 Å². The van der Waals surface area contributed by atoms with Crippen LogP contribution in [-0.4, -0.2) is 40.2 Å².